The highest BCUT2D eigenvalue weighted by molar-refractivity contribution is 5.35. The summed E-state index contributed by atoms with van der Waals surface area (Å²) in [5.41, 5.74) is 12.1. The summed E-state index contributed by atoms with van der Waals surface area (Å²) in [5.74, 6) is 1.10. The lowest BCUT2D eigenvalue weighted by atomic mass is 10.4. The van der Waals surface area contributed by atoms with E-state index in [1.807, 2.05) is 0 Å². The first-order valence-electron chi connectivity index (χ1n) is 3.80. The van der Waals surface area contributed by atoms with Gasteiger partial charge in [0.05, 0.1) is 31.1 Å². The van der Waals surface area contributed by atoms with Crippen molar-refractivity contribution in [1.29, 1.82) is 0 Å². The molecule has 68 valence electrons. The van der Waals surface area contributed by atoms with Gasteiger partial charge in [-0.3, -0.25) is 0 Å². The smallest absolute Gasteiger partial charge is 0.146 e. The first kappa shape index (κ1) is 7.66. The summed E-state index contributed by atoms with van der Waals surface area (Å²) >= 11 is 0. The topological polar surface area (TPSA) is 98.5 Å². The van der Waals surface area contributed by atoms with Crippen LogP contribution < -0.4 is 11.5 Å². The average Bonchev–Trinajstić information content (AvgIpc) is 2.65. The number of anilines is 2. The number of hydrogen-bond donors (Lipinski definition) is 3. The fraction of sp³-hybridized carbons (Fsp3) is 0.143. The number of aromatic nitrogens is 4. The summed E-state index contributed by atoms with van der Waals surface area (Å²) in [7, 11) is 0. The van der Waals surface area contributed by atoms with Gasteiger partial charge in [-0.1, -0.05) is 0 Å². The number of H-pyrrole nitrogens is 1. The van der Waals surface area contributed by atoms with Crippen LogP contribution in [0, 0.1) is 0 Å². The largest absolute Gasteiger partial charge is 0.384 e. The Balaban J connectivity index is 2.24. The Morgan fingerprint density at radius 1 is 1.46 bits per heavy atom. The van der Waals surface area contributed by atoms with E-state index in [1.165, 1.54) is 0 Å². The van der Waals surface area contributed by atoms with E-state index in [0.717, 1.165) is 5.69 Å². The molecule has 2 aromatic heterocycles. The van der Waals surface area contributed by atoms with Crippen molar-refractivity contribution in [1.82, 2.24) is 19.5 Å². The fourth-order valence-electron chi connectivity index (χ4n) is 1.09. The van der Waals surface area contributed by atoms with Crippen molar-refractivity contribution in [2.75, 3.05) is 11.5 Å². The third kappa shape index (κ3) is 1.33. The molecule has 2 rings (SSSR count). The molecule has 0 spiro atoms. The quantitative estimate of drug-likeness (QED) is 0.594. The number of nitrogens with zero attached hydrogens (tertiary/aromatic N) is 3. The van der Waals surface area contributed by atoms with Gasteiger partial charge in [-0.05, 0) is 0 Å². The number of aromatic amines is 1. The Morgan fingerprint density at radius 3 is 2.85 bits per heavy atom. The molecule has 0 aromatic carbocycles. The standard InChI is InChI=1S/C7H10N6/c8-6-1-10-4-13(6)2-5-7(9)12-3-11-5/h1,3-4H,2,8-9H2,(H,11,12). The summed E-state index contributed by atoms with van der Waals surface area (Å²) in [6, 6.07) is 0. The van der Waals surface area contributed by atoms with Crippen molar-refractivity contribution in [2.45, 2.75) is 6.54 Å². The first-order chi connectivity index (χ1) is 6.27. The van der Waals surface area contributed by atoms with Gasteiger partial charge in [0, 0.05) is 0 Å². The molecule has 0 amide bonds. The molecule has 6 nitrogen and oxygen atoms in total. The van der Waals surface area contributed by atoms with E-state index in [4.69, 9.17) is 11.5 Å². The van der Waals surface area contributed by atoms with E-state index in [-0.39, 0.29) is 0 Å². The molecule has 6 heteroatoms. The predicted octanol–water partition coefficient (Wildman–Crippen LogP) is -0.181. The van der Waals surface area contributed by atoms with Gasteiger partial charge in [-0.25, -0.2) is 9.97 Å². The van der Waals surface area contributed by atoms with E-state index >= 15 is 0 Å². The molecule has 0 radical (unpaired) electrons. The minimum Gasteiger partial charge on any atom is -0.384 e. The molecule has 0 saturated heterocycles. The van der Waals surface area contributed by atoms with Gasteiger partial charge in [0.2, 0.25) is 0 Å². The molecule has 13 heavy (non-hydrogen) atoms. The van der Waals surface area contributed by atoms with Crippen LogP contribution in [0.4, 0.5) is 11.6 Å². The Labute approximate surface area is 74.6 Å². The summed E-state index contributed by atoms with van der Waals surface area (Å²) in [6.07, 6.45) is 4.79. The number of imidazole rings is 2. The summed E-state index contributed by atoms with van der Waals surface area (Å²) in [4.78, 5) is 10.7. The van der Waals surface area contributed by atoms with Gasteiger partial charge in [-0.15, -0.1) is 0 Å². The van der Waals surface area contributed by atoms with Crippen molar-refractivity contribution in [3.05, 3.63) is 24.5 Å². The van der Waals surface area contributed by atoms with E-state index in [1.54, 1.807) is 23.4 Å². The number of rotatable bonds is 2. The number of nitrogens with one attached hydrogen (secondary N) is 1. The van der Waals surface area contributed by atoms with Crippen molar-refractivity contribution >= 4 is 11.6 Å². The lowest BCUT2D eigenvalue weighted by molar-refractivity contribution is 0.790. The summed E-state index contributed by atoms with van der Waals surface area (Å²) in [5, 5.41) is 0. The lowest BCUT2D eigenvalue weighted by Gasteiger charge is -2.02. The Hall–Kier alpha value is -1.98. The monoisotopic (exact) mass is 178 g/mol. The van der Waals surface area contributed by atoms with Crippen LogP contribution in [0.25, 0.3) is 0 Å². The van der Waals surface area contributed by atoms with Crippen molar-refractivity contribution in [2.24, 2.45) is 0 Å². The van der Waals surface area contributed by atoms with Gasteiger partial charge >= 0.3 is 0 Å². The minimum atomic E-state index is 0.494. The molecule has 2 aromatic rings. The van der Waals surface area contributed by atoms with Crippen LogP contribution in [0.2, 0.25) is 0 Å². The summed E-state index contributed by atoms with van der Waals surface area (Å²) < 4.78 is 1.78. The highest BCUT2D eigenvalue weighted by Crippen LogP contribution is 2.09. The Kier molecular flexibility index (Phi) is 1.66. The van der Waals surface area contributed by atoms with Crippen LogP contribution in [0.15, 0.2) is 18.9 Å². The molecule has 0 bridgehead atoms. The Bertz CT molecular complexity index is 362. The van der Waals surface area contributed by atoms with Gasteiger partial charge in [0.25, 0.3) is 0 Å². The third-order valence-electron chi connectivity index (χ3n) is 1.82. The van der Waals surface area contributed by atoms with Gasteiger partial charge in [-0.2, -0.15) is 0 Å². The molecule has 0 aliphatic carbocycles. The zero-order valence-electron chi connectivity index (χ0n) is 6.94. The molecule has 2 heterocycles. The number of nitrogens with two attached hydrogens (primary N) is 2. The second-order valence-corrected chi connectivity index (χ2v) is 2.71. The second-order valence-electron chi connectivity index (χ2n) is 2.71. The zero-order chi connectivity index (χ0) is 9.26. The maximum absolute atomic E-state index is 5.63. The molecular formula is C7H10N6. The average molecular weight is 178 g/mol. The molecule has 0 saturated carbocycles. The van der Waals surface area contributed by atoms with Crippen LogP contribution in [-0.2, 0) is 6.54 Å². The van der Waals surface area contributed by atoms with Gasteiger partial charge in [0.1, 0.15) is 11.6 Å². The molecular weight excluding hydrogens is 168 g/mol. The molecule has 0 atom stereocenters. The summed E-state index contributed by atoms with van der Waals surface area (Å²) in [6.45, 7) is 0.567. The van der Waals surface area contributed by atoms with Crippen LogP contribution in [-0.4, -0.2) is 19.5 Å². The molecule has 0 fully saturated rings. The van der Waals surface area contributed by atoms with Crippen LogP contribution >= 0.6 is 0 Å². The molecule has 5 N–H and O–H groups in total. The highest BCUT2D eigenvalue weighted by atomic mass is 15.1. The van der Waals surface area contributed by atoms with Crippen LogP contribution in [0.5, 0.6) is 0 Å². The van der Waals surface area contributed by atoms with Gasteiger partial charge < -0.3 is 21.0 Å². The maximum Gasteiger partial charge on any atom is 0.146 e. The number of hydrogen-bond acceptors (Lipinski definition) is 4. The molecule has 0 unspecified atom stereocenters. The SMILES string of the molecule is Nc1nc[nH]c1Cn1cncc1N. The molecule has 0 aliphatic heterocycles. The lowest BCUT2D eigenvalue weighted by Crippen LogP contribution is -2.04. The minimum absolute atomic E-state index is 0.494. The number of nitrogen functional groups attached to an aromatic ring is 2. The van der Waals surface area contributed by atoms with Gasteiger partial charge in [0.15, 0.2) is 0 Å². The van der Waals surface area contributed by atoms with Crippen molar-refractivity contribution in [3.63, 3.8) is 0 Å². The highest BCUT2D eigenvalue weighted by Gasteiger charge is 2.03. The van der Waals surface area contributed by atoms with Crippen LogP contribution in [0.3, 0.4) is 0 Å². The van der Waals surface area contributed by atoms with E-state index in [0.29, 0.717) is 18.2 Å². The fourth-order valence-corrected chi connectivity index (χ4v) is 1.09. The van der Waals surface area contributed by atoms with Crippen molar-refractivity contribution < 1.29 is 0 Å². The maximum atomic E-state index is 5.63. The van der Waals surface area contributed by atoms with E-state index in [2.05, 4.69) is 15.0 Å². The second kappa shape index (κ2) is 2.81. The first-order valence-corrected chi connectivity index (χ1v) is 3.80. The van der Waals surface area contributed by atoms with E-state index in [9.17, 15) is 0 Å². The molecule has 0 aliphatic rings. The normalized spacial score (nSPS) is 10.5. The van der Waals surface area contributed by atoms with Crippen molar-refractivity contribution in [3.8, 4) is 0 Å². The van der Waals surface area contributed by atoms with Crippen LogP contribution in [0.1, 0.15) is 5.69 Å². The third-order valence-corrected chi connectivity index (χ3v) is 1.82. The van der Waals surface area contributed by atoms with E-state index < -0.39 is 0 Å². The Morgan fingerprint density at radius 2 is 2.31 bits per heavy atom. The zero-order valence-corrected chi connectivity index (χ0v) is 6.94. The predicted molar refractivity (Wildman–Crippen MR) is 48.7 cm³/mol.